The first-order valence-corrected chi connectivity index (χ1v) is 11.0. The van der Waals surface area contributed by atoms with Crippen LogP contribution >= 0.6 is 0 Å². The number of hydrogen-bond acceptors (Lipinski definition) is 5. The van der Waals surface area contributed by atoms with E-state index in [0.717, 1.165) is 30.5 Å². The third-order valence-electron chi connectivity index (χ3n) is 5.92. The predicted octanol–water partition coefficient (Wildman–Crippen LogP) is 3.94. The molecule has 6 heteroatoms. The molecular formula is C26H32N2O4. The highest BCUT2D eigenvalue weighted by Crippen LogP contribution is 2.40. The molecule has 0 bridgehead atoms. The van der Waals surface area contributed by atoms with Crippen molar-refractivity contribution >= 4 is 17.4 Å². The molecule has 32 heavy (non-hydrogen) atoms. The van der Waals surface area contributed by atoms with Gasteiger partial charge in [-0.1, -0.05) is 31.2 Å². The Balaban J connectivity index is 2.10. The number of rotatable bonds is 8. The molecule has 0 spiro atoms. The number of amides is 1. The Kier molecular flexibility index (Phi) is 7.36. The molecule has 0 aliphatic carbocycles. The van der Waals surface area contributed by atoms with Crippen LogP contribution in [0.4, 0.5) is 0 Å². The van der Waals surface area contributed by atoms with E-state index in [1.54, 1.807) is 30.2 Å². The number of nitrogens with zero attached hydrogens (tertiary/aromatic N) is 2. The molecule has 6 nitrogen and oxygen atoms in total. The minimum atomic E-state index is -0.648. The van der Waals surface area contributed by atoms with Crippen molar-refractivity contribution in [3.05, 3.63) is 70.3 Å². The second-order valence-electron chi connectivity index (χ2n) is 8.43. The number of methoxy groups -OCH3 is 1. The first kappa shape index (κ1) is 23.5. The summed E-state index contributed by atoms with van der Waals surface area (Å²) in [5, 5.41) is 11.2. The average Bonchev–Trinajstić information content (AvgIpc) is 3.03. The lowest BCUT2D eigenvalue weighted by molar-refractivity contribution is -0.139. The van der Waals surface area contributed by atoms with E-state index < -0.39 is 17.7 Å². The van der Waals surface area contributed by atoms with Crippen LogP contribution in [-0.2, 0) is 16.0 Å². The molecule has 1 heterocycles. The molecule has 2 aromatic rings. The fourth-order valence-electron chi connectivity index (χ4n) is 4.13. The molecule has 0 unspecified atom stereocenters. The van der Waals surface area contributed by atoms with Crippen molar-refractivity contribution in [2.24, 2.45) is 0 Å². The highest BCUT2D eigenvalue weighted by Gasteiger charge is 2.45. The fraction of sp³-hybridized carbons (Fsp3) is 0.385. The molecule has 1 N–H and O–H groups in total. The maximum Gasteiger partial charge on any atom is 0.295 e. The van der Waals surface area contributed by atoms with Crippen molar-refractivity contribution in [3.8, 4) is 5.75 Å². The van der Waals surface area contributed by atoms with Crippen LogP contribution in [0.25, 0.3) is 5.76 Å². The molecule has 1 aliphatic heterocycles. The third-order valence-corrected chi connectivity index (χ3v) is 5.92. The molecule has 0 radical (unpaired) electrons. The van der Waals surface area contributed by atoms with Crippen molar-refractivity contribution in [1.29, 1.82) is 0 Å². The van der Waals surface area contributed by atoms with Crippen LogP contribution in [0, 0.1) is 6.92 Å². The second-order valence-corrected chi connectivity index (χ2v) is 8.43. The number of carbonyl (C=O) groups is 2. The molecule has 1 amide bonds. The van der Waals surface area contributed by atoms with Gasteiger partial charge in [-0.3, -0.25) is 9.59 Å². The first-order chi connectivity index (χ1) is 15.3. The summed E-state index contributed by atoms with van der Waals surface area (Å²) in [6.45, 7) is 5.17. The van der Waals surface area contributed by atoms with Gasteiger partial charge in [0.1, 0.15) is 11.5 Å². The zero-order chi connectivity index (χ0) is 23.4. The van der Waals surface area contributed by atoms with E-state index in [1.165, 1.54) is 5.56 Å². The summed E-state index contributed by atoms with van der Waals surface area (Å²) in [7, 11) is 5.53. The highest BCUT2D eigenvalue weighted by atomic mass is 16.5. The minimum Gasteiger partial charge on any atom is -0.507 e. The number of aryl methyl sites for hydroxylation is 2. The highest BCUT2D eigenvalue weighted by molar-refractivity contribution is 6.46. The Morgan fingerprint density at radius 1 is 1.12 bits per heavy atom. The maximum absolute atomic E-state index is 13.1. The number of hydrogen-bond donors (Lipinski definition) is 1. The van der Waals surface area contributed by atoms with Gasteiger partial charge in [0.2, 0.25) is 0 Å². The number of benzene rings is 2. The van der Waals surface area contributed by atoms with Gasteiger partial charge in [-0.05, 0) is 75.3 Å². The zero-order valence-corrected chi connectivity index (χ0v) is 19.5. The third kappa shape index (κ3) is 4.70. The zero-order valence-electron chi connectivity index (χ0n) is 19.5. The summed E-state index contributed by atoms with van der Waals surface area (Å²) in [4.78, 5) is 29.7. The van der Waals surface area contributed by atoms with Crippen molar-refractivity contribution in [1.82, 2.24) is 9.80 Å². The summed E-state index contributed by atoms with van der Waals surface area (Å²) < 4.78 is 5.31. The summed E-state index contributed by atoms with van der Waals surface area (Å²) in [5.74, 6) is -0.684. The maximum atomic E-state index is 13.1. The number of ketones is 1. The number of aliphatic hydroxyl groups is 1. The molecule has 1 aliphatic rings. The lowest BCUT2D eigenvalue weighted by Gasteiger charge is -2.26. The van der Waals surface area contributed by atoms with Gasteiger partial charge < -0.3 is 19.6 Å². The largest absolute Gasteiger partial charge is 0.507 e. The van der Waals surface area contributed by atoms with Crippen LogP contribution in [0.1, 0.15) is 41.6 Å². The van der Waals surface area contributed by atoms with Gasteiger partial charge in [-0.2, -0.15) is 0 Å². The lowest BCUT2D eigenvalue weighted by Crippen LogP contribution is -2.32. The molecule has 1 fully saturated rings. The first-order valence-electron chi connectivity index (χ1n) is 11.0. The SMILES string of the molecule is CCc1ccc([C@@H]2C(=C(O)c3ccc(OC)c(C)c3)C(=O)C(=O)N2CCCN(C)C)cc1. The quantitative estimate of drug-likeness (QED) is 0.386. The fourth-order valence-corrected chi connectivity index (χ4v) is 4.13. The Hall–Kier alpha value is -3.12. The van der Waals surface area contributed by atoms with Crippen molar-refractivity contribution < 1.29 is 19.4 Å². The van der Waals surface area contributed by atoms with Gasteiger partial charge in [0.05, 0.1) is 18.7 Å². The molecule has 3 rings (SSSR count). The van der Waals surface area contributed by atoms with E-state index in [-0.39, 0.29) is 11.3 Å². The lowest BCUT2D eigenvalue weighted by atomic mass is 9.94. The van der Waals surface area contributed by atoms with Crippen LogP contribution in [0.15, 0.2) is 48.0 Å². The van der Waals surface area contributed by atoms with Crippen LogP contribution in [0.3, 0.4) is 0 Å². The van der Waals surface area contributed by atoms with E-state index >= 15 is 0 Å². The average molecular weight is 437 g/mol. The number of aliphatic hydroxyl groups excluding tert-OH is 1. The molecule has 170 valence electrons. The summed E-state index contributed by atoms with van der Waals surface area (Å²) in [6.07, 6.45) is 1.62. The van der Waals surface area contributed by atoms with Gasteiger partial charge in [0, 0.05) is 12.1 Å². The molecule has 2 aromatic carbocycles. The van der Waals surface area contributed by atoms with E-state index in [1.807, 2.05) is 50.2 Å². The monoisotopic (exact) mass is 436 g/mol. The molecule has 1 atom stereocenters. The van der Waals surface area contributed by atoms with Crippen LogP contribution in [0.5, 0.6) is 5.75 Å². The van der Waals surface area contributed by atoms with Crippen LogP contribution in [-0.4, -0.2) is 60.9 Å². The molecular weight excluding hydrogens is 404 g/mol. The number of likely N-dealkylation sites (tertiary alicyclic amines) is 1. The van der Waals surface area contributed by atoms with E-state index in [2.05, 4.69) is 6.92 Å². The van der Waals surface area contributed by atoms with Crippen LogP contribution < -0.4 is 4.74 Å². The Bertz CT molecular complexity index is 1020. The minimum absolute atomic E-state index is 0.133. The van der Waals surface area contributed by atoms with Crippen molar-refractivity contribution in [2.45, 2.75) is 32.7 Å². The van der Waals surface area contributed by atoms with Gasteiger partial charge in [-0.15, -0.1) is 0 Å². The molecule has 0 aromatic heterocycles. The van der Waals surface area contributed by atoms with Crippen LogP contribution in [0.2, 0.25) is 0 Å². The number of Topliss-reactive ketones (excluding diaryl/α,β-unsaturated/α-hetero) is 1. The van der Waals surface area contributed by atoms with E-state index in [9.17, 15) is 14.7 Å². The predicted molar refractivity (Wildman–Crippen MR) is 126 cm³/mol. The Morgan fingerprint density at radius 2 is 1.81 bits per heavy atom. The van der Waals surface area contributed by atoms with Gasteiger partial charge in [0.15, 0.2) is 0 Å². The smallest absolute Gasteiger partial charge is 0.295 e. The van der Waals surface area contributed by atoms with E-state index in [4.69, 9.17) is 4.74 Å². The van der Waals surface area contributed by atoms with Gasteiger partial charge >= 0.3 is 0 Å². The summed E-state index contributed by atoms with van der Waals surface area (Å²) in [5.41, 5.74) is 3.45. The van der Waals surface area contributed by atoms with Gasteiger partial charge in [-0.25, -0.2) is 0 Å². The van der Waals surface area contributed by atoms with Crippen molar-refractivity contribution in [3.63, 3.8) is 0 Å². The normalized spacial score (nSPS) is 17.9. The Labute approximate surface area is 190 Å². The number of carbonyl (C=O) groups excluding carboxylic acids is 2. The molecule has 0 saturated carbocycles. The Morgan fingerprint density at radius 3 is 2.38 bits per heavy atom. The summed E-state index contributed by atoms with van der Waals surface area (Å²) in [6, 6.07) is 12.5. The number of ether oxygens (including phenoxy) is 1. The molecule has 1 saturated heterocycles. The topological polar surface area (TPSA) is 70.1 Å². The van der Waals surface area contributed by atoms with Gasteiger partial charge in [0.25, 0.3) is 11.7 Å². The summed E-state index contributed by atoms with van der Waals surface area (Å²) >= 11 is 0. The van der Waals surface area contributed by atoms with E-state index in [0.29, 0.717) is 17.9 Å². The standard InChI is InChI=1S/C26H32N2O4/c1-6-18-8-10-19(11-9-18)23-22(24(29)20-12-13-21(32-5)17(2)16-20)25(30)26(31)28(23)15-7-14-27(3)4/h8-13,16,23,29H,6-7,14-15H2,1-5H3/t23-/m1/s1. The second kappa shape index (κ2) is 10.0. The van der Waals surface area contributed by atoms with Crippen molar-refractivity contribution in [2.75, 3.05) is 34.3 Å².